The molecule has 0 saturated heterocycles. The molecule has 0 unspecified atom stereocenters. The molecular weight excluding hydrogens is 398 g/mol. The Hall–Kier alpha value is -2.51. The number of thiazole rings is 1. The minimum atomic E-state index is -0.347. The summed E-state index contributed by atoms with van der Waals surface area (Å²) in [5.41, 5.74) is 1.67. The molecule has 3 aromatic rings. The number of nitro benzene ring substituents is 1. The van der Waals surface area contributed by atoms with Gasteiger partial charge in [-0.05, 0) is 45.7 Å². The Kier molecular flexibility index (Phi) is 6.43. The van der Waals surface area contributed by atoms with Crippen LogP contribution in [-0.2, 0) is 11.3 Å². The number of ether oxygens (including phenoxy) is 1. The number of hydrogen-bond acceptors (Lipinski definition) is 5. The third-order valence-corrected chi connectivity index (χ3v) is 5.49. The molecule has 1 aromatic heterocycles. The first kappa shape index (κ1) is 22.2. The van der Waals surface area contributed by atoms with Crippen LogP contribution < -0.4 is 4.80 Å². The Labute approximate surface area is 181 Å². The van der Waals surface area contributed by atoms with Gasteiger partial charge in [0, 0.05) is 23.4 Å². The van der Waals surface area contributed by atoms with Gasteiger partial charge < -0.3 is 9.30 Å². The largest absolute Gasteiger partial charge is 0.367 e. The lowest BCUT2D eigenvalue weighted by Crippen LogP contribution is -2.26. The van der Waals surface area contributed by atoms with Crippen LogP contribution in [0.3, 0.4) is 0 Å². The van der Waals surface area contributed by atoms with Gasteiger partial charge in [0.25, 0.3) is 5.69 Å². The van der Waals surface area contributed by atoms with E-state index in [4.69, 9.17) is 9.73 Å². The fourth-order valence-corrected chi connectivity index (χ4v) is 4.52. The van der Waals surface area contributed by atoms with Gasteiger partial charge in [0.1, 0.15) is 0 Å². The Morgan fingerprint density at radius 3 is 2.40 bits per heavy atom. The van der Waals surface area contributed by atoms with E-state index in [-0.39, 0.29) is 22.3 Å². The highest BCUT2D eigenvalue weighted by atomic mass is 32.1. The van der Waals surface area contributed by atoms with Gasteiger partial charge in [-0.2, -0.15) is 0 Å². The van der Waals surface area contributed by atoms with Crippen molar-refractivity contribution in [2.24, 2.45) is 10.9 Å². The van der Waals surface area contributed by atoms with Crippen molar-refractivity contribution in [1.29, 1.82) is 0 Å². The number of non-ortho nitro benzene ring substituents is 1. The Bertz CT molecular complexity index is 1120. The lowest BCUT2D eigenvalue weighted by molar-refractivity contribution is -0.383. The van der Waals surface area contributed by atoms with E-state index in [2.05, 4.69) is 51.5 Å². The van der Waals surface area contributed by atoms with Crippen molar-refractivity contribution in [2.45, 2.75) is 59.8 Å². The van der Waals surface area contributed by atoms with Gasteiger partial charge in [0.15, 0.2) is 4.80 Å². The zero-order chi connectivity index (χ0) is 22.1. The van der Waals surface area contributed by atoms with Crippen LogP contribution in [0.15, 0.2) is 46.8 Å². The van der Waals surface area contributed by atoms with Gasteiger partial charge in [0.05, 0.1) is 33.4 Å². The number of nitro groups is 1. The van der Waals surface area contributed by atoms with E-state index in [1.165, 1.54) is 6.07 Å². The topological polar surface area (TPSA) is 69.7 Å². The van der Waals surface area contributed by atoms with E-state index in [0.29, 0.717) is 11.3 Å². The van der Waals surface area contributed by atoms with Crippen molar-refractivity contribution in [3.63, 3.8) is 0 Å². The molecule has 1 heterocycles. The van der Waals surface area contributed by atoms with Crippen molar-refractivity contribution in [3.05, 3.63) is 62.4 Å². The summed E-state index contributed by atoms with van der Waals surface area (Å²) < 4.78 is 8.40. The molecule has 0 amide bonds. The molecule has 0 radical (unpaired) electrons. The zero-order valence-electron chi connectivity index (χ0n) is 18.4. The van der Waals surface area contributed by atoms with Gasteiger partial charge in [0.2, 0.25) is 0 Å². The minimum absolute atomic E-state index is 0.0717. The molecule has 30 heavy (non-hydrogen) atoms. The maximum Gasteiger partial charge on any atom is 0.277 e. The molecule has 0 aliphatic rings. The third-order valence-electron chi connectivity index (χ3n) is 4.61. The van der Waals surface area contributed by atoms with Gasteiger partial charge in [-0.25, -0.2) is 4.99 Å². The van der Waals surface area contributed by atoms with E-state index >= 15 is 0 Å². The summed E-state index contributed by atoms with van der Waals surface area (Å²) in [5, 5.41) is 14.9. The molecule has 0 fully saturated rings. The summed E-state index contributed by atoms with van der Waals surface area (Å²) in [6.07, 6.45) is -0.0717. The first-order valence-corrected chi connectivity index (χ1v) is 11.0. The number of fused-ring (bicyclic) bond motifs is 1. The minimum Gasteiger partial charge on any atom is -0.367 e. The van der Waals surface area contributed by atoms with Crippen molar-refractivity contribution in [1.82, 2.24) is 4.57 Å². The monoisotopic (exact) mass is 427 g/mol. The summed E-state index contributed by atoms with van der Waals surface area (Å²) in [4.78, 5) is 16.9. The zero-order valence-corrected chi connectivity index (χ0v) is 19.2. The summed E-state index contributed by atoms with van der Waals surface area (Å²) in [6, 6.07) is 10.6. The molecule has 7 heteroatoms. The second-order valence-corrected chi connectivity index (χ2v) is 9.67. The van der Waals surface area contributed by atoms with Crippen LogP contribution >= 0.6 is 11.3 Å². The number of aromatic nitrogens is 1. The van der Waals surface area contributed by atoms with Crippen LogP contribution in [0, 0.1) is 16.0 Å². The maximum atomic E-state index is 11.4. The molecule has 0 saturated carbocycles. The Morgan fingerprint density at radius 1 is 1.13 bits per heavy atom. The fraction of sp³-hybridized carbons (Fsp3) is 0.435. The van der Waals surface area contributed by atoms with Crippen LogP contribution in [0.4, 0.5) is 11.4 Å². The lowest BCUT2D eigenvalue weighted by atomic mass is 10.1. The second-order valence-electron chi connectivity index (χ2n) is 8.84. The molecule has 0 aliphatic carbocycles. The van der Waals surface area contributed by atoms with Gasteiger partial charge >= 0.3 is 0 Å². The summed E-state index contributed by atoms with van der Waals surface area (Å²) >= 11 is 1.57. The van der Waals surface area contributed by atoms with Gasteiger partial charge in [-0.15, -0.1) is 11.3 Å². The summed E-state index contributed by atoms with van der Waals surface area (Å²) in [5.74, 6) is 0.438. The van der Waals surface area contributed by atoms with Crippen molar-refractivity contribution in [2.75, 3.05) is 0 Å². The van der Waals surface area contributed by atoms with Crippen LogP contribution in [0.5, 0.6) is 0 Å². The molecule has 160 valence electrons. The van der Waals surface area contributed by atoms with E-state index in [1.54, 1.807) is 23.5 Å². The highest BCUT2D eigenvalue weighted by molar-refractivity contribution is 7.07. The van der Waals surface area contributed by atoms with Crippen LogP contribution in [0.25, 0.3) is 10.8 Å². The number of nitrogens with zero attached hydrogens (tertiary/aromatic N) is 3. The number of hydrogen-bond donors (Lipinski definition) is 0. The molecule has 0 spiro atoms. The molecule has 6 nitrogen and oxygen atoms in total. The molecule has 2 aromatic carbocycles. The standard InChI is InChI=1S/C23H29N3O3S/c1-15(2)13-25-21(16(3)29-23(4,5)6)14-30-22(25)24-19-11-12-20(26(27)28)18-10-8-7-9-17(18)19/h7-12,14-16H,13H2,1-6H3/t16-/m0/s1. The van der Waals surface area contributed by atoms with Gasteiger partial charge in [-0.3, -0.25) is 10.1 Å². The molecular formula is C23H29N3O3S. The lowest BCUT2D eigenvalue weighted by Gasteiger charge is -2.26. The number of rotatable bonds is 6. The van der Waals surface area contributed by atoms with Crippen molar-refractivity contribution < 1.29 is 9.66 Å². The first-order valence-electron chi connectivity index (χ1n) is 10.1. The predicted octanol–water partition coefficient (Wildman–Crippen LogP) is 6.38. The van der Waals surface area contributed by atoms with E-state index in [0.717, 1.165) is 28.1 Å². The smallest absolute Gasteiger partial charge is 0.277 e. The van der Waals surface area contributed by atoms with Crippen molar-refractivity contribution >= 4 is 33.5 Å². The van der Waals surface area contributed by atoms with Crippen LogP contribution in [-0.4, -0.2) is 15.1 Å². The average Bonchev–Trinajstić information content (AvgIpc) is 3.02. The molecule has 1 atom stereocenters. The van der Waals surface area contributed by atoms with E-state index in [9.17, 15) is 10.1 Å². The fourth-order valence-electron chi connectivity index (χ4n) is 3.52. The maximum absolute atomic E-state index is 11.4. The number of benzene rings is 2. The highest BCUT2D eigenvalue weighted by Crippen LogP contribution is 2.33. The van der Waals surface area contributed by atoms with Crippen molar-refractivity contribution in [3.8, 4) is 0 Å². The molecule has 0 aliphatic heterocycles. The second kappa shape index (κ2) is 8.70. The molecule has 0 bridgehead atoms. The average molecular weight is 428 g/mol. The Balaban J connectivity index is 2.16. The third kappa shape index (κ3) is 4.96. The molecule has 0 N–H and O–H groups in total. The van der Waals surface area contributed by atoms with Crippen LogP contribution in [0.1, 0.15) is 53.3 Å². The first-order chi connectivity index (χ1) is 14.1. The summed E-state index contributed by atoms with van der Waals surface area (Å²) in [7, 11) is 0. The van der Waals surface area contributed by atoms with Crippen LogP contribution in [0.2, 0.25) is 0 Å². The predicted molar refractivity (Wildman–Crippen MR) is 122 cm³/mol. The van der Waals surface area contributed by atoms with Gasteiger partial charge in [-0.1, -0.05) is 32.0 Å². The quantitative estimate of drug-likeness (QED) is 0.339. The van der Waals surface area contributed by atoms with E-state index < -0.39 is 0 Å². The highest BCUT2D eigenvalue weighted by Gasteiger charge is 2.21. The van der Waals surface area contributed by atoms with E-state index in [1.807, 2.05) is 18.2 Å². The SMILES string of the molecule is CC(C)Cn1c([C@H](C)OC(C)(C)C)csc1=Nc1ccc([N+](=O)[O-])c2ccccc12. The molecule has 3 rings (SSSR count). The normalized spacial score (nSPS) is 13.9. The summed E-state index contributed by atoms with van der Waals surface area (Å²) in [6.45, 7) is 13.4. The Morgan fingerprint density at radius 2 is 1.80 bits per heavy atom.